The van der Waals surface area contributed by atoms with Gasteiger partial charge in [0.1, 0.15) is 5.82 Å². The number of amides is 3. The number of anilines is 1. The molecule has 1 saturated heterocycles. The number of halogens is 1. The Labute approximate surface area is 163 Å². The summed E-state index contributed by atoms with van der Waals surface area (Å²) >= 11 is 0. The molecular formula is C21H25FN4O2. The van der Waals surface area contributed by atoms with Crippen molar-refractivity contribution in [2.75, 3.05) is 24.5 Å². The second-order valence-electron chi connectivity index (χ2n) is 7.03. The van der Waals surface area contributed by atoms with Gasteiger partial charge in [-0.3, -0.25) is 4.79 Å². The van der Waals surface area contributed by atoms with Crippen LogP contribution in [-0.4, -0.2) is 31.6 Å². The first kappa shape index (κ1) is 19.7. The first-order chi connectivity index (χ1) is 13.5. The molecule has 0 radical (unpaired) electrons. The summed E-state index contributed by atoms with van der Waals surface area (Å²) in [7, 11) is 0. The summed E-state index contributed by atoms with van der Waals surface area (Å²) in [4.78, 5) is 26.0. The van der Waals surface area contributed by atoms with Crippen molar-refractivity contribution in [1.82, 2.24) is 10.6 Å². The number of nitrogens with two attached hydrogens (primary N) is 1. The highest BCUT2D eigenvalue weighted by molar-refractivity contribution is 5.78. The lowest BCUT2D eigenvalue weighted by Crippen LogP contribution is -2.38. The summed E-state index contributed by atoms with van der Waals surface area (Å²) in [6, 6.07) is 14.6. The lowest BCUT2D eigenvalue weighted by molar-refractivity contribution is -0.121. The van der Waals surface area contributed by atoms with Crippen LogP contribution in [0.3, 0.4) is 0 Å². The Hall–Kier alpha value is -3.09. The highest BCUT2D eigenvalue weighted by Crippen LogP contribution is 2.23. The van der Waals surface area contributed by atoms with Gasteiger partial charge < -0.3 is 21.3 Å². The SMILES string of the molecule is NC(=O)N[C@@H](CC(=O)NC[C@@H]1CCN(c2ccccc2)C1)c1ccccc1F. The zero-order valence-corrected chi connectivity index (χ0v) is 15.6. The third kappa shape index (κ3) is 5.22. The molecule has 1 fully saturated rings. The number of hydrogen-bond acceptors (Lipinski definition) is 3. The van der Waals surface area contributed by atoms with Crippen LogP contribution in [0.15, 0.2) is 54.6 Å². The van der Waals surface area contributed by atoms with E-state index in [4.69, 9.17) is 5.73 Å². The normalized spacial score (nSPS) is 17.2. The van der Waals surface area contributed by atoms with Crippen molar-refractivity contribution in [2.45, 2.75) is 18.9 Å². The third-order valence-corrected chi connectivity index (χ3v) is 4.98. The molecule has 4 N–H and O–H groups in total. The average Bonchev–Trinajstić information content (AvgIpc) is 3.16. The zero-order chi connectivity index (χ0) is 19.9. The minimum Gasteiger partial charge on any atom is -0.371 e. The number of nitrogens with zero attached hydrogens (tertiary/aromatic N) is 1. The van der Waals surface area contributed by atoms with Crippen LogP contribution in [0.1, 0.15) is 24.4 Å². The van der Waals surface area contributed by atoms with Gasteiger partial charge in [0.15, 0.2) is 0 Å². The summed E-state index contributed by atoms with van der Waals surface area (Å²) in [6.07, 6.45) is 0.921. The molecule has 6 nitrogen and oxygen atoms in total. The number of hydrogen-bond donors (Lipinski definition) is 3. The molecule has 2 aromatic carbocycles. The molecule has 0 bridgehead atoms. The predicted octanol–water partition coefficient (Wildman–Crippen LogP) is 2.57. The van der Waals surface area contributed by atoms with Gasteiger partial charge in [-0.2, -0.15) is 0 Å². The number of benzene rings is 2. The van der Waals surface area contributed by atoms with Crippen molar-refractivity contribution in [3.8, 4) is 0 Å². The van der Waals surface area contributed by atoms with Crippen molar-refractivity contribution in [3.05, 3.63) is 66.0 Å². The fourth-order valence-electron chi connectivity index (χ4n) is 3.56. The van der Waals surface area contributed by atoms with E-state index in [0.717, 1.165) is 19.5 Å². The van der Waals surface area contributed by atoms with Gasteiger partial charge in [-0.15, -0.1) is 0 Å². The quantitative estimate of drug-likeness (QED) is 0.686. The van der Waals surface area contributed by atoms with Crippen molar-refractivity contribution >= 4 is 17.6 Å². The van der Waals surface area contributed by atoms with Crippen LogP contribution in [0.5, 0.6) is 0 Å². The van der Waals surface area contributed by atoms with Gasteiger partial charge in [-0.05, 0) is 30.5 Å². The van der Waals surface area contributed by atoms with Crippen LogP contribution in [0.4, 0.5) is 14.9 Å². The molecule has 0 spiro atoms. The molecule has 0 aromatic heterocycles. The lowest BCUT2D eigenvalue weighted by atomic mass is 10.0. The maximum Gasteiger partial charge on any atom is 0.312 e. The topological polar surface area (TPSA) is 87.5 Å². The van der Waals surface area contributed by atoms with Crippen molar-refractivity contribution in [3.63, 3.8) is 0 Å². The molecule has 1 heterocycles. The number of nitrogens with one attached hydrogen (secondary N) is 2. The molecule has 3 amide bonds. The molecule has 148 valence electrons. The average molecular weight is 384 g/mol. The van der Waals surface area contributed by atoms with Gasteiger partial charge in [0.2, 0.25) is 5.91 Å². The van der Waals surface area contributed by atoms with Gasteiger partial charge in [0, 0.05) is 30.9 Å². The zero-order valence-electron chi connectivity index (χ0n) is 15.6. The van der Waals surface area contributed by atoms with E-state index in [1.54, 1.807) is 12.1 Å². The van der Waals surface area contributed by atoms with E-state index < -0.39 is 17.9 Å². The minimum absolute atomic E-state index is 0.0704. The number of urea groups is 1. The number of carbonyl (C=O) groups is 2. The summed E-state index contributed by atoms with van der Waals surface area (Å²) in [6.45, 7) is 2.37. The Bertz CT molecular complexity index is 815. The molecule has 28 heavy (non-hydrogen) atoms. The van der Waals surface area contributed by atoms with E-state index in [9.17, 15) is 14.0 Å². The lowest BCUT2D eigenvalue weighted by Gasteiger charge is -2.20. The molecule has 0 aliphatic carbocycles. The van der Waals surface area contributed by atoms with E-state index in [1.165, 1.54) is 17.8 Å². The van der Waals surface area contributed by atoms with E-state index in [2.05, 4.69) is 27.7 Å². The summed E-state index contributed by atoms with van der Waals surface area (Å²) in [5, 5.41) is 5.36. The molecule has 0 unspecified atom stereocenters. The first-order valence-electron chi connectivity index (χ1n) is 9.40. The maximum atomic E-state index is 14.0. The van der Waals surface area contributed by atoms with Gasteiger partial charge in [0.25, 0.3) is 0 Å². The molecule has 7 heteroatoms. The monoisotopic (exact) mass is 384 g/mol. The fraction of sp³-hybridized carbons (Fsp3) is 0.333. The molecular weight excluding hydrogens is 359 g/mol. The molecule has 0 saturated carbocycles. The predicted molar refractivity (Wildman–Crippen MR) is 106 cm³/mol. The Morgan fingerprint density at radius 1 is 1.14 bits per heavy atom. The minimum atomic E-state index is -0.803. The fourth-order valence-corrected chi connectivity index (χ4v) is 3.56. The van der Waals surface area contributed by atoms with Crippen LogP contribution in [0.2, 0.25) is 0 Å². The highest BCUT2D eigenvalue weighted by Gasteiger charge is 2.24. The van der Waals surface area contributed by atoms with E-state index in [0.29, 0.717) is 12.5 Å². The summed E-state index contributed by atoms with van der Waals surface area (Å²) in [5.74, 6) is -0.385. The number of para-hydroxylation sites is 1. The maximum absolute atomic E-state index is 14.0. The van der Waals surface area contributed by atoms with Gasteiger partial charge in [-0.25, -0.2) is 9.18 Å². The second-order valence-corrected chi connectivity index (χ2v) is 7.03. The molecule has 3 rings (SSSR count). The molecule has 1 aliphatic heterocycles. The third-order valence-electron chi connectivity index (χ3n) is 4.98. The van der Waals surface area contributed by atoms with Crippen LogP contribution < -0.4 is 21.3 Å². The Kier molecular flexibility index (Phi) is 6.47. The highest BCUT2D eigenvalue weighted by atomic mass is 19.1. The van der Waals surface area contributed by atoms with Crippen LogP contribution >= 0.6 is 0 Å². The summed E-state index contributed by atoms with van der Waals surface area (Å²) < 4.78 is 14.0. The molecule has 1 aliphatic rings. The van der Waals surface area contributed by atoms with E-state index in [1.807, 2.05) is 18.2 Å². The largest absolute Gasteiger partial charge is 0.371 e. The second kappa shape index (κ2) is 9.21. The van der Waals surface area contributed by atoms with Crippen molar-refractivity contribution in [2.24, 2.45) is 11.7 Å². The van der Waals surface area contributed by atoms with Crippen LogP contribution in [-0.2, 0) is 4.79 Å². The van der Waals surface area contributed by atoms with Gasteiger partial charge in [0.05, 0.1) is 12.5 Å². The van der Waals surface area contributed by atoms with E-state index in [-0.39, 0.29) is 17.9 Å². The molecule has 2 atom stereocenters. The smallest absolute Gasteiger partial charge is 0.312 e. The van der Waals surface area contributed by atoms with Gasteiger partial charge >= 0.3 is 6.03 Å². The van der Waals surface area contributed by atoms with E-state index >= 15 is 0 Å². The van der Waals surface area contributed by atoms with Gasteiger partial charge in [-0.1, -0.05) is 36.4 Å². The summed E-state index contributed by atoms with van der Waals surface area (Å²) in [5.41, 5.74) is 6.62. The number of rotatable bonds is 7. The van der Waals surface area contributed by atoms with Crippen molar-refractivity contribution in [1.29, 1.82) is 0 Å². The Morgan fingerprint density at radius 3 is 2.57 bits per heavy atom. The Balaban J connectivity index is 1.52. The number of primary amides is 1. The van der Waals surface area contributed by atoms with Crippen LogP contribution in [0, 0.1) is 11.7 Å². The molecule has 2 aromatic rings. The standard InChI is InChI=1S/C21H25FN4O2/c22-18-9-5-4-8-17(18)19(25-21(23)28)12-20(27)24-13-15-10-11-26(14-15)16-6-2-1-3-7-16/h1-9,15,19H,10-14H2,(H,24,27)(H3,23,25,28)/t15-,19-/m0/s1. The van der Waals surface area contributed by atoms with Crippen LogP contribution in [0.25, 0.3) is 0 Å². The Morgan fingerprint density at radius 2 is 1.86 bits per heavy atom. The number of carbonyl (C=O) groups excluding carboxylic acids is 2. The van der Waals surface area contributed by atoms with Crippen molar-refractivity contribution < 1.29 is 14.0 Å². The first-order valence-corrected chi connectivity index (χ1v) is 9.40.